The molecule has 0 aromatic heterocycles. The fourth-order valence-corrected chi connectivity index (χ4v) is 1.93. The van der Waals surface area contributed by atoms with Gasteiger partial charge in [0.2, 0.25) is 0 Å². The highest BCUT2D eigenvalue weighted by Crippen LogP contribution is 2.10. The van der Waals surface area contributed by atoms with Crippen molar-refractivity contribution < 1.29 is 9.59 Å². The summed E-state index contributed by atoms with van der Waals surface area (Å²) < 4.78 is 0. The van der Waals surface area contributed by atoms with Gasteiger partial charge in [-0.25, -0.2) is 0 Å². The zero-order valence-corrected chi connectivity index (χ0v) is 11.6. The van der Waals surface area contributed by atoms with Crippen LogP contribution < -0.4 is 0 Å². The number of hydrogen-bond donors (Lipinski definition) is 0. The molecule has 0 unspecified atom stereocenters. The van der Waals surface area contributed by atoms with Gasteiger partial charge in [-0.1, -0.05) is 48.0 Å². The lowest BCUT2D eigenvalue weighted by Gasteiger charge is -1.99. The van der Waals surface area contributed by atoms with E-state index in [1.54, 1.807) is 24.3 Å². The van der Waals surface area contributed by atoms with Crippen molar-refractivity contribution in [3.05, 3.63) is 76.9 Å². The van der Waals surface area contributed by atoms with Crippen LogP contribution in [0, 0.1) is 6.92 Å². The van der Waals surface area contributed by atoms with Crippen LogP contribution in [0.1, 0.15) is 38.8 Å². The van der Waals surface area contributed by atoms with Crippen molar-refractivity contribution in [1.29, 1.82) is 0 Å². The van der Waals surface area contributed by atoms with Gasteiger partial charge in [0, 0.05) is 11.1 Å². The van der Waals surface area contributed by atoms with Gasteiger partial charge < -0.3 is 0 Å². The maximum atomic E-state index is 12.0. The maximum absolute atomic E-state index is 12.0. The molecule has 0 atom stereocenters. The molecule has 0 aliphatic rings. The highest BCUT2D eigenvalue weighted by molar-refractivity contribution is 6.07. The van der Waals surface area contributed by atoms with Gasteiger partial charge >= 0.3 is 0 Å². The maximum Gasteiger partial charge on any atom is 0.185 e. The Hall–Kier alpha value is -2.48. The van der Waals surface area contributed by atoms with Crippen LogP contribution in [0.5, 0.6) is 0 Å². The molecule has 0 spiro atoms. The van der Waals surface area contributed by atoms with Crippen LogP contribution in [-0.2, 0) is 0 Å². The molecule has 2 heteroatoms. The SMILES string of the molecule is CC(=O)c1cccc(C=CC(=O)c2cccc(C)c2)c1. The van der Waals surface area contributed by atoms with E-state index in [2.05, 4.69) is 0 Å². The van der Waals surface area contributed by atoms with Crippen LogP contribution in [0.4, 0.5) is 0 Å². The van der Waals surface area contributed by atoms with Crippen molar-refractivity contribution in [3.8, 4) is 0 Å². The molecule has 0 fully saturated rings. The molecule has 2 aromatic carbocycles. The first-order chi connectivity index (χ1) is 9.56. The van der Waals surface area contributed by atoms with Gasteiger partial charge in [0.05, 0.1) is 0 Å². The Labute approximate surface area is 118 Å². The summed E-state index contributed by atoms with van der Waals surface area (Å²) in [5.41, 5.74) is 3.22. The second kappa shape index (κ2) is 6.11. The quantitative estimate of drug-likeness (QED) is 0.615. The van der Waals surface area contributed by atoms with Gasteiger partial charge in [-0.15, -0.1) is 0 Å². The van der Waals surface area contributed by atoms with Crippen molar-refractivity contribution >= 4 is 17.6 Å². The van der Waals surface area contributed by atoms with Crippen molar-refractivity contribution in [1.82, 2.24) is 0 Å². The number of hydrogen-bond acceptors (Lipinski definition) is 2. The predicted molar refractivity (Wildman–Crippen MR) is 81.0 cm³/mol. The summed E-state index contributed by atoms with van der Waals surface area (Å²) in [6, 6.07) is 14.7. The molecule has 0 amide bonds. The zero-order valence-electron chi connectivity index (χ0n) is 11.6. The minimum atomic E-state index is -0.0399. The summed E-state index contributed by atoms with van der Waals surface area (Å²) in [4.78, 5) is 23.3. The molecule has 0 radical (unpaired) electrons. The van der Waals surface area contributed by atoms with E-state index in [1.807, 2.05) is 37.3 Å². The molecule has 0 bridgehead atoms. The van der Waals surface area contributed by atoms with E-state index in [0.29, 0.717) is 11.1 Å². The highest BCUT2D eigenvalue weighted by Gasteiger charge is 2.02. The molecule has 0 saturated heterocycles. The average Bonchev–Trinajstić information content (AvgIpc) is 2.45. The highest BCUT2D eigenvalue weighted by atomic mass is 16.1. The molecule has 2 rings (SSSR count). The molecule has 0 aliphatic heterocycles. The predicted octanol–water partition coefficient (Wildman–Crippen LogP) is 4.09. The number of carbonyl (C=O) groups is 2. The first kappa shape index (κ1) is 13.9. The van der Waals surface area contributed by atoms with Crippen molar-refractivity contribution in [2.45, 2.75) is 13.8 Å². The standard InChI is InChI=1S/C18H16O2/c1-13-5-3-8-17(11-13)18(20)10-9-15-6-4-7-16(12-15)14(2)19/h3-12H,1-2H3. The van der Waals surface area contributed by atoms with E-state index in [-0.39, 0.29) is 11.6 Å². The molecule has 0 heterocycles. The van der Waals surface area contributed by atoms with Crippen LogP contribution in [0.25, 0.3) is 6.08 Å². The Bertz CT molecular complexity index is 681. The number of carbonyl (C=O) groups excluding carboxylic acids is 2. The third-order valence-electron chi connectivity index (χ3n) is 3.02. The number of allylic oxidation sites excluding steroid dienone is 1. The third kappa shape index (κ3) is 3.51. The first-order valence-electron chi connectivity index (χ1n) is 6.46. The zero-order chi connectivity index (χ0) is 14.5. The smallest absolute Gasteiger partial charge is 0.185 e. The van der Waals surface area contributed by atoms with Crippen molar-refractivity contribution in [2.24, 2.45) is 0 Å². The summed E-state index contributed by atoms with van der Waals surface area (Å²) in [5, 5.41) is 0. The summed E-state index contributed by atoms with van der Waals surface area (Å²) in [6.07, 6.45) is 3.27. The van der Waals surface area contributed by atoms with Gasteiger partial charge in [0.25, 0.3) is 0 Å². The molecule has 20 heavy (non-hydrogen) atoms. The summed E-state index contributed by atoms with van der Waals surface area (Å²) in [5.74, 6) is -0.0211. The Morgan fingerprint density at radius 2 is 1.65 bits per heavy atom. The van der Waals surface area contributed by atoms with Gasteiger partial charge in [0.15, 0.2) is 11.6 Å². The Balaban J connectivity index is 2.19. The second-order valence-electron chi connectivity index (χ2n) is 4.75. The van der Waals surface area contributed by atoms with Gasteiger partial charge in [0.1, 0.15) is 0 Å². The summed E-state index contributed by atoms with van der Waals surface area (Å²) >= 11 is 0. The van der Waals surface area contributed by atoms with Gasteiger partial charge in [-0.3, -0.25) is 9.59 Å². The van der Waals surface area contributed by atoms with Crippen LogP contribution >= 0.6 is 0 Å². The molecule has 2 aromatic rings. The molecule has 0 aliphatic carbocycles. The van der Waals surface area contributed by atoms with E-state index in [4.69, 9.17) is 0 Å². The summed E-state index contributed by atoms with van der Waals surface area (Å²) in [7, 11) is 0. The molecule has 0 saturated carbocycles. The third-order valence-corrected chi connectivity index (χ3v) is 3.02. The monoisotopic (exact) mass is 264 g/mol. The average molecular weight is 264 g/mol. The van der Waals surface area contributed by atoms with Crippen molar-refractivity contribution in [2.75, 3.05) is 0 Å². The van der Waals surface area contributed by atoms with Crippen LogP contribution in [-0.4, -0.2) is 11.6 Å². The van der Waals surface area contributed by atoms with Gasteiger partial charge in [-0.2, -0.15) is 0 Å². The number of ketones is 2. The van der Waals surface area contributed by atoms with Gasteiger partial charge in [-0.05, 0) is 37.6 Å². The molecular weight excluding hydrogens is 248 g/mol. The molecule has 2 nitrogen and oxygen atoms in total. The number of Topliss-reactive ketones (excluding diaryl/α,β-unsaturated/α-hetero) is 1. The van der Waals surface area contributed by atoms with E-state index >= 15 is 0 Å². The molecular formula is C18H16O2. The normalized spacial score (nSPS) is 10.7. The van der Waals surface area contributed by atoms with E-state index in [1.165, 1.54) is 13.0 Å². The Kier molecular flexibility index (Phi) is 4.26. The van der Waals surface area contributed by atoms with E-state index < -0.39 is 0 Å². The minimum Gasteiger partial charge on any atom is -0.295 e. The second-order valence-corrected chi connectivity index (χ2v) is 4.75. The lowest BCUT2D eigenvalue weighted by Crippen LogP contribution is -1.95. The Morgan fingerprint density at radius 1 is 0.950 bits per heavy atom. The van der Waals surface area contributed by atoms with E-state index in [0.717, 1.165) is 11.1 Å². The van der Waals surface area contributed by atoms with E-state index in [9.17, 15) is 9.59 Å². The first-order valence-corrected chi connectivity index (χ1v) is 6.46. The topological polar surface area (TPSA) is 34.1 Å². The van der Waals surface area contributed by atoms with Crippen molar-refractivity contribution in [3.63, 3.8) is 0 Å². The fourth-order valence-electron chi connectivity index (χ4n) is 1.93. The Morgan fingerprint density at radius 3 is 2.35 bits per heavy atom. The largest absolute Gasteiger partial charge is 0.295 e. The van der Waals surface area contributed by atoms with Crippen LogP contribution in [0.3, 0.4) is 0 Å². The van der Waals surface area contributed by atoms with Crippen LogP contribution in [0.2, 0.25) is 0 Å². The van der Waals surface area contributed by atoms with Crippen LogP contribution in [0.15, 0.2) is 54.6 Å². The number of benzene rings is 2. The number of aryl methyl sites for hydroxylation is 1. The number of rotatable bonds is 4. The molecule has 100 valence electrons. The fraction of sp³-hybridized carbons (Fsp3) is 0.111. The lowest BCUT2D eigenvalue weighted by molar-refractivity contribution is 0.101. The molecule has 0 N–H and O–H groups in total. The minimum absolute atomic E-state index is 0.0188. The lowest BCUT2D eigenvalue weighted by atomic mass is 10.0. The summed E-state index contributed by atoms with van der Waals surface area (Å²) in [6.45, 7) is 3.48.